The molecule has 0 aromatic carbocycles. The van der Waals surface area contributed by atoms with E-state index in [9.17, 15) is 0 Å². The Labute approximate surface area is 184 Å². The van der Waals surface area contributed by atoms with Crippen LogP contribution in [0.5, 0.6) is 0 Å². The Balaban J connectivity index is 1.42. The Morgan fingerprint density at radius 3 is 1.10 bits per heavy atom. The van der Waals surface area contributed by atoms with Crippen LogP contribution in [0.1, 0.15) is 161 Å². The molecule has 0 aromatic rings. The molecular formula is C29H54. The average molecular weight is 403 g/mol. The highest BCUT2D eigenvalue weighted by Gasteiger charge is 2.51. The summed E-state index contributed by atoms with van der Waals surface area (Å²) in [5, 5.41) is 0. The van der Waals surface area contributed by atoms with E-state index in [1.54, 1.807) is 89.9 Å². The van der Waals surface area contributed by atoms with Crippen LogP contribution in [0.25, 0.3) is 0 Å². The van der Waals surface area contributed by atoms with Crippen molar-refractivity contribution in [1.82, 2.24) is 0 Å². The molecule has 3 fully saturated rings. The van der Waals surface area contributed by atoms with Crippen molar-refractivity contribution >= 4 is 0 Å². The van der Waals surface area contributed by atoms with Crippen LogP contribution in [0, 0.1) is 23.2 Å². The van der Waals surface area contributed by atoms with Crippen LogP contribution in [0.15, 0.2) is 0 Å². The summed E-state index contributed by atoms with van der Waals surface area (Å²) in [7, 11) is 0. The van der Waals surface area contributed by atoms with Crippen LogP contribution in [0.3, 0.4) is 0 Å². The number of rotatable bonds is 15. The predicted octanol–water partition coefficient (Wildman–Crippen LogP) is 10.2. The molecule has 0 bridgehead atoms. The van der Waals surface area contributed by atoms with Gasteiger partial charge in [0.2, 0.25) is 0 Å². The highest BCUT2D eigenvalue weighted by atomic mass is 14.6. The molecule has 3 aliphatic rings. The van der Waals surface area contributed by atoms with E-state index >= 15 is 0 Å². The van der Waals surface area contributed by atoms with Crippen LogP contribution in [0.4, 0.5) is 0 Å². The minimum atomic E-state index is 0.781. The first-order valence-electron chi connectivity index (χ1n) is 14.4. The Morgan fingerprint density at radius 1 is 0.448 bits per heavy atom. The zero-order valence-electron chi connectivity index (χ0n) is 20.2. The maximum atomic E-state index is 2.32. The summed E-state index contributed by atoms with van der Waals surface area (Å²) in [6.07, 6.45) is 36.8. The molecule has 0 atom stereocenters. The third-order valence-corrected chi connectivity index (χ3v) is 9.56. The summed E-state index contributed by atoms with van der Waals surface area (Å²) in [6.45, 7) is 2.32. The summed E-state index contributed by atoms with van der Waals surface area (Å²) in [5.74, 6) is 3.32. The highest BCUT2D eigenvalue weighted by molar-refractivity contribution is 5.00. The third kappa shape index (κ3) is 6.74. The van der Waals surface area contributed by atoms with Crippen molar-refractivity contribution in [3.05, 3.63) is 0 Å². The summed E-state index contributed by atoms with van der Waals surface area (Å²) in [5.41, 5.74) is 0.781. The van der Waals surface area contributed by atoms with E-state index in [0.717, 1.165) is 23.2 Å². The molecule has 0 N–H and O–H groups in total. The molecular weight excluding hydrogens is 348 g/mol. The molecule has 170 valence electrons. The summed E-state index contributed by atoms with van der Waals surface area (Å²) < 4.78 is 0. The van der Waals surface area contributed by atoms with Gasteiger partial charge in [0.1, 0.15) is 0 Å². The monoisotopic (exact) mass is 402 g/mol. The predicted molar refractivity (Wildman–Crippen MR) is 129 cm³/mol. The van der Waals surface area contributed by atoms with E-state index in [1.807, 2.05) is 0 Å². The van der Waals surface area contributed by atoms with Gasteiger partial charge in [-0.25, -0.2) is 0 Å². The van der Waals surface area contributed by atoms with Crippen molar-refractivity contribution in [1.29, 1.82) is 0 Å². The smallest absolute Gasteiger partial charge is 0.0213 e. The Morgan fingerprint density at radius 2 is 0.759 bits per heavy atom. The van der Waals surface area contributed by atoms with Crippen molar-refractivity contribution in [3.63, 3.8) is 0 Å². The lowest BCUT2D eigenvalue weighted by atomic mass is 9.55. The molecule has 0 heterocycles. The number of hydrogen-bond acceptors (Lipinski definition) is 0. The molecule has 0 radical (unpaired) electrons. The molecule has 0 heteroatoms. The van der Waals surface area contributed by atoms with Crippen LogP contribution in [0.2, 0.25) is 0 Å². The van der Waals surface area contributed by atoms with Gasteiger partial charge in [0, 0.05) is 0 Å². The van der Waals surface area contributed by atoms with Gasteiger partial charge in [-0.15, -0.1) is 0 Å². The van der Waals surface area contributed by atoms with Gasteiger partial charge in [0.25, 0.3) is 0 Å². The molecule has 29 heavy (non-hydrogen) atoms. The summed E-state index contributed by atoms with van der Waals surface area (Å²) in [6, 6.07) is 0. The fraction of sp³-hybridized carbons (Fsp3) is 1.00. The largest absolute Gasteiger partial charge is 0.0654 e. The topological polar surface area (TPSA) is 0 Å². The zero-order chi connectivity index (χ0) is 20.2. The van der Waals surface area contributed by atoms with Crippen LogP contribution >= 0.6 is 0 Å². The molecule has 0 amide bonds. The minimum Gasteiger partial charge on any atom is -0.0654 e. The van der Waals surface area contributed by atoms with E-state index in [-0.39, 0.29) is 0 Å². The SMILES string of the molecule is CCCCCCCCCCCCCC(C1CCCC1)(C1CCCC1)C1CCCC1. The van der Waals surface area contributed by atoms with Crippen molar-refractivity contribution in [2.45, 2.75) is 161 Å². The van der Waals surface area contributed by atoms with E-state index in [0.29, 0.717) is 0 Å². The van der Waals surface area contributed by atoms with Crippen molar-refractivity contribution in [2.75, 3.05) is 0 Å². The standard InChI is InChI=1S/C29H54/c1-2-3-4-5-6-7-8-9-10-11-18-25-29(26-19-12-13-20-26,27-21-14-15-22-27)28-23-16-17-24-28/h26-28H,2-25H2,1H3. The Bertz CT molecular complexity index is 351. The average Bonchev–Trinajstić information content (AvgIpc) is 3.53. The third-order valence-electron chi connectivity index (χ3n) is 9.56. The molecule has 0 nitrogen and oxygen atoms in total. The van der Waals surface area contributed by atoms with Crippen molar-refractivity contribution in [2.24, 2.45) is 23.2 Å². The van der Waals surface area contributed by atoms with E-state index in [2.05, 4.69) is 6.92 Å². The van der Waals surface area contributed by atoms with Gasteiger partial charge >= 0.3 is 0 Å². The molecule has 3 aliphatic carbocycles. The highest BCUT2D eigenvalue weighted by Crippen LogP contribution is 2.60. The lowest BCUT2D eigenvalue weighted by molar-refractivity contribution is -0.00658. The fourth-order valence-corrected chi connectivity index (χ4v) is 8.10. The zero-order valence-corrected chi connectivity index (χ0v) is 20.2. The van der Waals surface area contributed by atoms with Gasteiger partial charge in [-0.05, 0) is 68.1 Å². The molecule has 0 unspecified atom stereocenters. The van der Waals surface area contributed by atoms with Crippen LogP contribution in [-0.2, 0) is 0 Å². The van der Waals surface area contributed by atoms with Crippen LogP contribution in [-0.4, -0.2) is 0 Å². The van der Waals surface area contributed by atoms with Gasteiger partial charge in [-0.3, -0.25) is 0 Å². The Hall–Kier alpha value is 0. The van der Waals surface area contributed by atoms with Crippen LogP contribution < -0.4 is 0 Å². The van der Waals surface area contributed by atoms with Gasteiger partial charge in [0.05, 0.1) is 0 Å². The molecule has 0 saturated heterocycles. The first kappa shape index (κ1) is 23.7. The lowest BCUT2D eigenvalue weighted by Crippen LogP contribution is -2.42. The van der Waals surface area contributed by atoms with Crippen molar-refractivity contribution in [3.8, 4) is 0 Å². The molecule has 0 spiro atoms. The fourth-order valence-electron chi connectivity index (χ4n) is 8.10. The second-order valence-corrected chi connectivity index (χ2v) is 11.3. The lowest BCUT2D eigenvalue weighted by Gasteiger charge is -2.49. The molecule has 0 aliphatic heterocycles. The van der Waals surface area contributed by atoms with Crippen molar-refractivity contribution < 1.29 is 0 Å². The minimum absolute atomic E-state index is 0.781. The Kier molecular flexibility index (Phi) is 10.9. The molecule has 3 rings (SSSR count). The normalized spacial score (nSPS) is 22.2. The molecule has 3 saturated carbocycles. The number of hydrogen-bond donors (Lipinski definition) is 0. The van der Waals surface area contributed by atoms with Gasteiger partial charge in [-0.2, -0.15) is 0 Å². The van der Waals surface area contributed by atoms with E-state index in [1.165, 1.54) is 64.2 Å². The molecule has 0 aromatic heterocycles. The van der Waals surface area contributed by atoms with E-state index < -0.39 is 0 Å². The van der Waals surface area contributed by atoms with E-state index in [4.69, 9.17) is 0 Å². The van der Waals surface area contributed by atoms with Gasteiger partial charge < -0.3 is 0 Å². The van der Waals surface area contributed by atoms with Gasteiger partial charge in [0.15, 0.2) is 0 Å². The second kappa shape index (κ2) is 13.4. The first-order valence-corrected chi connectivity index (χ1v) is 14.4. The second-order valence-electron chi connectivity index (χ2n) is 11.3. The maximum Gasteiger partial charge on any atom is -0.0213 e. The first-order chi connectivity index (χ1) is 14.4. The summed E-state index contributed by atoms with van der Waals surface area (Å²) >= 11 is 0. The van der Waals surface area contributed by atoms with Gasteiger partial charge in [-0.1, -0.05) is 116 Å². The summed E-state index contributed by atoms with van der Waals surface area (Å²) in [4.78, 5) is 0. The maximum absolute atomic E-state index is 2.32. The quantitative estimate of drug-likeness (QED) is 0.239. The number of unbranched alkanes of at least 4 members (excludes halogenated alkanes) is 10.